The fourth-order valence-corrected chi connectivity index (χ4v) is 3.61. The number of rotatable bonds is 6. The third-order valence-electron chi connectivity index (χ3n) is 4.40. The molecule has 1 aliphatic heterocycles. The van der Waals surface area contributed by atoms with E-state index in [1.165, 1.54) is 0 Å². The molecular formula is C18H20N4O3S. The van der Waals surface area contributed by atoms with Gasteiger partial charge in [0.25, 0.3) is 0 Å². The molecule has 0 amide bonds. The molecule has 1 unspecified atom stereocenters. The molecule has 8 heteroatoms. The molecule has 1 aromatic carbocycles. The highest BCUT2D eigenvalue weighted by Crippen LogP contribution is 2.29. The van der Waals surface area contributed by atoms with Gasteiger partial charge in [-0.25, -0.2) is 14.6 Å². The molecule has 1 fully saturated rings. The molecule has 1 atom stereocenters. The average Bonchev–Trinajstić information content (AvgIpc) is 3.41. The first-order chi connectivity index (χ1) is 12.8. The van der Waals surface area contributed by atoms with Gasteiger partial charge in [-0.05, 0) is 24.1 Å². The van der Waals surface area contributed by atoms with Crippen molar-refractivity contribution in [1.29, 1.82) is 0 Å². The van der Waals surface area contributed by atoms with E-state index in [-0.39, 0.29) is 6.04 Å². The highest BCUT2D eigenvalue weighted by atomic mass is 32.1. The van der Waals surface area contributed by atoms with Crippen molar-refractivity contribution in [2.24, 2.45) is 0 Å². The van der Waals surface area contributed by atoms with Crippen molar-refractivity contribution in [2.45, 2.75) is 18.9 Å². The number of thiazole rings is 1. The van der Waals surface area contributed by atoms with Gasteiger partial charge in [-0.3, -0.25) is 0 Å². The van der Waals surface area contributed by atoms with Crippen molar-refractivity contribution >= 4 is 11.3 Å². The van der Waals surface area contributed by atoms with Gasteiger partial charge >= 0.3 is 0 Å². The van der Waals surface area contributed by atoms with Gasteiger partial charge in [0.2, 0.25) is 0 Å². The Morgan fingerprint density at radius 3 is 2.85 bits per heavy atom. The van der Waals surface area contributed by atoms with Gasteiger partial charge in [-0.15, -0.1) is 11.3 Å². The van der Waals surface area contributed by atoms with Crippen LogP contribution in [0.2, 0.25) is 0 Å². The number of hydrogen-bond acceptors (Lipinski definition) is 7. The second kappa shape index (κ2) is 7.43. The van der Waals surface area contributed by atoms with Crippen LogP contribution in [0.3, 0.4) is 0 Å². The standard InChI is InChI=1S/C18H20N4O3S/c1-23-15-4-3-12(7-16(15)24-2)8-17-20-18(14-10-26-11-19-14)22(21-17)13-5-6-25-9-13/h3-4,7,10-11,13H,5-6,8-9H2,1-2H3. The van der Waals surface area contributed by atoms with Crippen molar-refractivity contribution in [2.75, 3.05) is 27.4 Å². The van der Waals surface area contributed by atoms with E-state index in [0.717, 1.165) is 35.9 Å². The van der Waals surface area contributed by atoms with Crippen LogP contribution in [-0.4, -0.2) is 47.2 Å². The van der Waals surface area contributed by atoms with E-state index in [1.807, 2.05) is 33.8 Å². The summed E-state index contributed by atoms with van der Waals surface area (Å²) in [6.45, 7) is 1.42. The second-order valence-corrected chi connectivity index (χ2v) is 6.77. The Morgan fingerprint density at radius 1 is 1.27 bits per heavy atom. The lowest BCUT2D eigenvalue weighted by molar-refractivity contribution is 0.184. The van der Waals surface area contributed by atoms with E-state index >= 15 is 0 Å². The zero-order chi connectivity index (χ0) is 17.9. The van der Waals surface area contributed by atoms with E-state index in [4.69, 9.17) is 24.3 Å². The maximum absolute atomic E-state index is 5.53. The van der Waals surface area contributed by atoms with Gasteiger partial charge in [-0.1, -0.05) is 6.07 Å². The first-order valence-corrected chi connectivity index (χ1v) is 9.35. The zero-order valence-electron chi connectivity index (χ0n) is 14.7. The largest absolute Gasteiger partial charge is 0.493 e. The van der Waals surface area contributed by atoms with E-state index < -0.39 is 0 Å². The van der Waals surface area contributed by atoms with Gasteiger partial charge in [0.05, 0.1) is 32.4 Å². The highest BCUT2D eigenvalue weighted by molar-refractivity contribution is 7.07. The summed E-state index contributed by atoms with van der Waals surface area (Å²) in [7, 11) is 3.26. The number of methoxy groups -OCH3 is 2. The monoisotopic (exact) mass is 372 g/mol. The summed E-state index contributed by atoms with van der Waals surface area (Å²) >= 11 is 1.55. The van der Waals surface area contributed by atoms with Crippen LogP contribution in [-0.2, 0) is 11.2 Å². The first-order valence-electron chi connectivity index (χ1n) is 8.41. The van der Waals surface area contributed by atoms with Crippen molar-refractivity contribution in [3.8, 4) is 23.0 Å². The second-order valence-electron chi connectivity index (χ2n) is 6.05. The Balaban J connectivity index is 1.66. The van der Waals surface area contributed by atoms with Crippen LogP contribution in [0, 0.1) is 0 Å². The molecule has 0 N–H and O–H groups in total. The first kappa shape index (κ1) is 17.0. The van der Waals surface area contributed by atoms with Crippen LogP contribution < -0.4 is 9.47 Å². The number of nitrogens with zero attached hydrogens (tertiary/aromatic N) is 4. The van der Waals surface area contributed by atoms with Crippen LogP contribution in [0.4, 0.5) is 0 Å². The van der Waals surface area contributed by atoms with Gasteiger partial charge in [0.15, 0.2) is 23.1 Å². The van der Waals surface area contributed by atoms with E-state index in [0.29, 0.717) is 24.5 Å². The quantitative estimate of drug-likeness (QED) is 0.662. The molecule has 0 spiro atoms. The molecule has 7 nitrogen and oxygen atoms in total. The normalized spacial score (nSPS) is 16.8. The number of hydrogen-bond donors (Lipinski definition) is 0. The molecule has 26 heavy (non-hydrogen) atoms. The smallest absolute Gasteiger partial charge is 0.178 e. The van der Waals surface area contributed by atoms with Gasteiger partial charge in [0, 0.05) is 18.4 Å². The van der Waals surface area contributed by atoms with E-state index in [9.17, 15) is 0 Å². The molecule has 0 radical (unpaired) electrons. The average molecular weight is 372 g/mol. The molecule has 1 aliphatic rings. The zero-order valence-corrected chi connectivity index (χ0v) is 15.5. The molecule has 3 heterocycles. The lowest BCUT2D eigenvalue weighted by atomic mass is 10.1. The van der Waals surface area contributed by atoms with Crippen LogP contribution in [0.15, 0.2) is 29.1 Å². The fourth-order valence-electron chi connectivity index (χ4n) is 3.08. The summed E-state index contributed by atoms with van der Waals surface area (Å²) in [5.41, 5.74) is 3.73. The Hall–Kier alpha value is -2.45. The maximum atomic E-state index is 5.53. The lowest BCUT2D eigenvalue weighted by Gasteiger charge is -2.10. The van der Waals surface area contributed by atoms with Crippen molar-refractivity contribution in [3.63, 3.8) is 0 Å². The van der Waals surface area contributed by atoms with Gasteiger partial charge < -0.3 is 14.2 Å². The molecule has 1 saturated heterocycles. The molecule has 4 rings (SSSR count). The Labute approximate surface area is 155 Å². The minimum absolute atomic E-state index is 0.207. The Bertz CT molecular complexity index is 873. The predicted octanol–water partition coefficient (Wildman–Crippen LogP) is 2.97. The minimum atomic E-state index is 0.207. The number of ether oxygens (including phenoxy) is 3. The fraction of sp³-hybridized carbons (Fsp3) is 0.389. The summed E-state index contributed by atoms with van der Waals surface area (Å²) in [5, 5.41) is 6.76. The summed E-state index contributed by atoms with van der Waals surface area (Å²) in [5.74, 6) is 2.97. The molecule has 0 saturated carbocycles. The summed E-state index contributed by atoms with van der Waals surface area (Å²) < 4.78 is 18.2. The SMILES string of the molecule is COc1ccc(Cc2nc(-c3cscn3)n(C3CCOC3)n2)cc1OC. The summed E-state index contributed by atoms with van der Waals surface area (Å²) in [6, 6.07) is 6.07. The molecule has 3 aromatic rings. The van der Waals surface area contributed by atoms with Crippen LogP contribution in [0.5, 0.6) is 11.5 Å². The van der Waals surface area contributed by atoms with Crippen LogP contribution in [0.1, 0.15) is 23.9 Å². The third kappa shape index (κ3) is 3.30. The van der Waals surface area contributed by atoms with Crippen molar-refractivity contribution < 1.29 is 14.2 Å². The molecule has 0 aliphatic carbocycles. The topological polar surface area (TPSA) is 71.3 Å². The van der Waals surface area contributed by atoms with Crippen molar-refractivity contribution in [1.82, 2.24) is 19.7 Å². The predicted molar refractivity (Wildman–Crippen MR) is 98.0 cm³/mol. The molecule has 0 bridgehead atoms. The minimum Gasteiger partial charge on any atom is -0.493 e. The lowest BCUT2D eigenvalue weighted by Crippen LogP contribution is -2.12. The van der Waals surface area contributed by atoms with Crippen molar-refractivity contribution in [3.05, 3.63) is 40.5 Å². The van der Waals surface area contributed by atoms with E-state index in [2.05, 4.69) is 4.98 Å². The maximum Gasteiger partial charge on any atom is 0.178 e. The summed E-state index contributed by atoms with van der Waals surface area (Å²) in [6.07, 6.45) is 1.55. The van der Waals surface area contributed by atoms with Crippen LogP contribution in [0.25, 0.3) is 11.5 Å². The third-order valence-corrected chi connectivity index (χ3v) is 4.98. The highest BCUT2D eigenvalue weighted by Gasteiger charge is 2.24. The Kier molecular flexibility index (Phi) is 4.85. The van der Waals surface area contributed by atoms with Gasteiger partial charge in [0.1, 0.15) is 5.69 Å². The summed E-state index contributed by atoms with van der Waals surface area (Å²) in [4.78, 5) is 9.17. The van der Waals surface area contributed by atoms with Crippen LogP contribution >= 0.6 is 11.3 Å². The molecular weight excluding hydrogens is 352 g/mol. The van der Waals surface area contributed by atoms with E-state index in [1.54, 1.807) is 25.6 Å². The molecule has 136 valence electrons. The van der Waals surface area contributed by atoms with Gasteiger partial charge in [-0.2, -0.15) is 5.10 Å². The Morgan fingerprint density at radius 2 is 2.15 bits per heavy atom. The molecule has 2 aromatic heterocycles. The number of benzene rings is 1. The number of aromatic nitrogens is 4.